The highest BCUT2D eigenvalue weighted by molar-refractivity contribution is 9.10. The van der Waals surface area contributed by atoms with Gasteiger partial charge in [-0.05, 0) is 38.4 Å². The van der Waals surface area contributed by atoms with Crippen molar-refractivity contribution in [2.75, 3.05) is 7.05 Å². The standard InChI is InChI=1S/C12H15BrN2O3/c1-7-3-8(13)4-11(15(16)17)12(7)18-10-5-9(6-10)14-2/h3-4,9-10,14H,5-6H2,1-2H3. The molecule has 0 aromatic heterocycles. The molecular weight excluding hydrogens is 300 g/mol. The number of aryl methyl sites for hydroxylation is 1. The van der Waals surface area contributed by atoms with Gasteiger partial charge in [0.1, 0.15) is 6.10 Å². The second-order valence-corrected chi connectivity index (χ2v) is 5.44. The summed E-state index contributed by atoms with van der Waals surface area (Å²) in [5, 5.41) is 14.2. The summed E-state index contributed by atoms with van der Waals surface area (Å²) in [7, 11) is 1.91. The van der Waals surface area contributed by atoms with Gasteiger partial charge in [-0.2, -0.15) is 0 Å². The van der Waals surface area contributed by atoms with E-state index in [0.717, 1.165) is 18.4 Å². The average Bonchev–Trinajstić information content (AvgIpc) is 2.24. The fourth-order valence-electron chi connectivity index (χ4n) is 2.07. The number of halogens is 1. The third-order valence-electron chi connectivity index (χ3n) is 3.20. The third-order valence-corrected chi connectivity index (χ3v) is 3.66. The number of ether oxygens (including phenoxy) is 1. The Labute approximate surface area is 114 Å². The predicted octanol–water partition coefficient (Wildman–Crippen LogP) is 2.79. The molecule has 0 radical (unpaired) electrons. The van der Waals surface area contributed by atoms with Crippen molar-refractivity contribution in [3.63, 3.8) is 0 Å². The molecule has 0 bridgehead atoms. The van der Waals surface area contributed by atoms with Gasteiger partial charge in [0.25, 0.3) is 0 Å². The Bertz CT molecular complexity index is 473. The van der Waals surface area contributed by atoms with Crippen LogP contribution in [0.2, 0.25) is 0 Å². The first kappa shape index (κ1) is 13.3. The van der Waals surface area contributed by atoms with Gasteiger partial charge in [0.15, 0.2) is 5.75 Å². The molecule has 1 saturated carbocycles. The molecule has 0 spiro atoms. The van der Waals surface area contributed by atoms with Crippen molar-refractivity contribution < 1.29 is 9.66 Å². The van der Waals surface area contributed by atoms with Crippen LogP contribution >= 0.6 is 15.9 Å². The van der Waals surface area contributed by atoms with Crippen LogP contribution < -0.4 is 10.1 Å². The molecule has 0 atom stereocenters. The van der Waals surface area contributed by atoms with E-state index in [1.165, 1.54) is 6.07 Å². The Morgan fingerprint density at radius 1 is 1.50 bits per heavy atom. The molecule has 1 N–H and O–H groups in total. The number of rotatable bonds is 4. The zero-order valence-electron chi connectivity index (χ0n) is 10.3. The van der Waals surface area contributed by atoms with E-state index >= 15 is 0 Å². The maximum atomic E-state index is 11.0. The molecule has 1 aromatic carbocycles. The maximum absolute atomic E-state index is 11.0. The summed E-state index contributed by atoms with van der Waals surface area (Å²) >= 11 is 3.26. The molecule has 0 unspecified atom stereocenters. The van der Waals surface area contributed by atoms with E-state index in [0.29, 0.717) is 16.3 Å². The van der Waals surface area contributed by atoms with Crippen LogP contribution in [0.1, 0.15) is 18.4 Å². The second kappa shape index (κ2) is 5.24. The summed E-state index contributed by atoms with van der Waals surface area (Å²) in [5.41, 5.74) is 0.804. The summed E-state index contributed by atoms with van der Waals surface area (Å²) in [4.78, 5) is 10.6. The molecule has 5 nitrogen and oxygen atoms in total. The predicted molar refractivity (Wildman–Crippen MR) is 72.0 cm³/mol. The van der Waals surface area contributed by atoms with Crippen molar-refractivity contribution in [2.24, 2.45) is 0 Å². The topological polar surface area (TPSA) is 64.4 Å². The molecule has 1 fully saturated rings. The van der Waals surface area contributed by atoms with E-state index < -0.39 is 4.92 Å². The molecule has 98 valence electrons. The second-order valence-electron chi connectivity index (χ2n) is 4.52. The molecule has 0 saturated heterocycles. The zero-order chi connectivity index (χ0) is 13.3. The minimum atomic E-state index is -0.401. The van der Waals surface area contributed by atoms with Crippen LogP contribution in [0.25, 0.3) is 0 Å². The highest BCUT2D eigenvalue weighted by Crippen LogP contribution is 2.37. The minimum Gasteiger partial charge on any atom is -0.483 e. The van der Waals surface area contributed by atoms with Crippen molar-refractivity contribution >= 4 is 21.6 Å². The molecule has 0 heterocycles. The molecule has 0 aliphatic heterocycles. The van der Waals surface area contributed by atoms with Crippen molar-refractivity contribution in [2.45, 2.75) is 31.9 Å². The van der Waals surface area contributed by atoms with Crippen molar-refractivity contribution in [3.05, 3.63) is 32.3 Å². The summed E-state index contributed by atoms with van der Waals surface area (Å²) in [6.07, 6.45) is 1.85. The Morgan fingerprint density at radius 2 is 2.17 bits per heavy atom. The molecule has 18 heavy (non-hydrogen) atoms. The van der Waals surface area contributed by atoms with E-state index in [1.54, 1.807) is 0 Å². The highest BCUT2D eigenvalue weighted by Gasteiger charge is 2.32. The van der Waals surface area contributed by atoms with Gasteiger partial charge in [-0.3, -0.25) is 10.1 Å². The molecule has 0 amide bonds. The lowest BCUT2D eigenvalue weighted by molar-refractivity contribution is -0.386. The molecule has 1 aliphatic rings. The number of nitrogens with one attached hydrogen (secondary N) is 1. The SMILES string of the molecule is CNC1CC(Oc2c(C)cc(Br)cc2[N+](=O)[O-])C1. The van der Waals surface area contributed by atoms with Crippen LogP contribution in [0.15, 0.2) is 16.6 Å². The van der Waals surface area contributed by atoms with Crippen molar-refractivity contribution in [3.8, 4) is 5.75 Å². The summed E-state index contributed by atoms with van der Waals surface area (Å²) in [6, 6.07) is 3.78. The van der Waals surface area contributed by atoms with E-state index in [2.05, 4.69) is 21.2 Å². The average molecular weight is 315 g/mol. The van der Waals surface area contributed by atoms with Crippen LogP contribution in [0.3, 0.4) is 0 Å². The monoisotopic (exact) mass is 314 g/mol. The van der Waals surface area contributed by atoms with E-state index in [1.807, 2.05) is 20.0 Å². The van der Waals surface area contributed by atoms with E-state index in [4.69, 9.17) is 4.74 Å². The van der Waals surface area contributed by atoms with Gasteiger partial charge >= 0.3 is 5.69 Å². The van der Waals surface area contributed by atoms with Gasteiger partial charge in [0.05, 0.1) is 4.92 Å². The highest BCUT2D eigenvalue weighted by atomic mass is 79.9. The molecule has 1 aliphatic carbocycles. The Morgan fingerprint density at radius 3 is 2.72 bits per heavy atom. The van der Waals surface area contributed by atoms with Crippen molar-refractivity contribution in [1.29, 1.82) is 0 Å². The van der Waals surface area contributed by atoms with Gasteiger partial charge in [-0.25, -0.2) is 0 Å². The Balaban J connectivity index is 2.19. The fraction of sp³-hybridized carbons (Fsp3) is 0.500. The summed E-state index contributed by atoms with van der Waals surface area (Å²) < 4.78 is 6.45. The first-order valence-electron chi connectivity index (χ1n) is 5.79. The first-order valence-corrected chi connectivity index (χ1v) is 6.59. The van der Waals surface area contributed by atoms with Crippen molar-refractivity contribution in [1.82, 2.24) is 5.32 Å². The van der Waals surface area contributed by atoms with Crippen LogP contribution in [0.4, 0.5) is 5.69 Å². The van der Waals surface area contributed by atoms with Gasteiger partial charge < -0.3 is 10.1 Å². The third kappa shape index (κ3) is 2.64. The fourth-order valence-corrected chi connectivity index (χ4v) is 2.63. The van der Waals surface area contributed by atoms with Gasteiger partial charge in [0.2, 0.25) is 0 Å². The number of nitrogens with zero attached hydrogens (tertiary/aromatic N) is 1. The number of hydrogen-bond acceptors (Lipinski definition) is 4. The van der Waals surface area contributed by atoms with Crippen LogP contribution in [-0.4, -0.2) is 24.1 Å². The Hall–Kier alpha value is -1.14. The zero-order valence-corrected chi connectivity index (χ0v) is 11.9. The van der Waals surface area contributed by atoms with Gasteiger partial charge in [0, 0.05) is 16.6 Å². The van der Waals surface area contributed by atoms with Crippen LogP contribution in [-0.2, 0) is 0 Å². The van der Waals surface area contributed by atoms with E-state index in [-0.39, 0.29) is 11.8 Å². The molecular formula is C12H15BrN2O3. The summed E-state index contributed by atoms with van der Waals surface area (Å²) in [6.45, 7) is 1.82. The molecule has 1 aromatic rings. The van der Waals surface area contributed by atoms with E-state index in [9.17, 15) is 10.1 Å². The Kier molecular flexibility index (Phi) is 3.87. The number of benzene rings is 1. The first-order chi connectivity index (χ1) is 8.51. The molecule has 2 rings (SSSR count). The maximum Gasteiger partial charge on any atom is 0.312 e. The lowest BCUT2D eigenvalue weighted by Gasteiger charge is -2.35. The number of nitro groups is 1. The number of nitro benzene ring substituents is 1. The summed E-state index contributed by atoms with van der Waals surface area (Å²) in [5.74, 6) is 0.391. The smallest absolute Gasteiger partial charge is 0.312 e. The quantitative estimate of drug-likeness (QED) is 0.685. The normalized spacial score (nSPS) is 22.4. The minimum absolute atomic E-state index is 0.0229. The largest absolute Gasteiger partial charge is 0.483 e. The number of hydrogen-bond donors (Lipinski definition) is 1. The van der Waals surface area contributed by atoms with Gasteiger partial charge in [-0.15, -0.1) is 0 Å². The lowest BCUT2D eigenvalue weighted by atomic mass is 9.89. The van der Waals surface area contributed by atoms with Crippen LogP contribution in [0.5, 0.6) is 5.75 Å². The lowest BCUT2D eigenvalue weighted by Crippen LogP contribution is -2.45. The van der Waals surface area contributed by atoms with Crippen LogP contribution in [0, 0.1) is 17.0 Å². The molecule has 6 heteroatoms. The van der Waals surface area contributed by atoms with Gasteiger partial charge in [-0.1, -0.05) is 15.9 Å².